The first kappa shape index (κ1) is 18.5. The molecule has 1 aliphatic rings. The maximum Gasteiger partial charge on any atom is 0.224 e. The Morgan fingerprint density at radius 1 is 1.33 bits per heavy atom. The van der Waals surface area contributed by atoms with Gasteiger partial charge in [0.15, 0.2) is 0 Å². The van der Waals surface area contributed by atoms with Crippen molar-refractivity contribution in [3.8, 4) is 0 Å². The van der Waals surface area contributed by atoms with E-state index in [0.29, 0.717) is 31.8 Å². The van der Waals surface area contributed by atoms with Crippen molar-refractivity contribution in [3.05, 3.63) is 35.9 Å². The topological polar surface area (TPSA) is 75.4 Å². The quantitative estimate of drug-likeness (QED) is 0.804. The van der Waals surface area contributed by atoms with Gasteiger partial charge in [0.05, 0.1) is 0 Å². The number of likely N-dealkylation sites (tertiary alicyclic amines) is 1. The number of nitrogens with zero attached hydrogens (tertiary/aromatic N) is 1. The highest BCUT2D eigenvalue weighted by Gasteiger charge is 2.25. The summed E-state index contributed by atoms with van der Waals surface area (Å²) in [6.45, 7) is 4.16. The van der Waals surface area contributed by atoms with Crippen molar-refractivity contribution in [2.45, 2.75) is 45.1 Å². The highest BCUT2D eigenvalue weighted by atomic mass is 16.2. The van der Waals surface area contributed by atoms with E-state index in [9.17, 15) is 9.59 Å². The Balaban J connectivity index is 1.80. The molecule has 2 atom stereocenters. The zero-order valence-electron chi connectivity index (χ0n) is 14.5. The lowest BCUT2D eigenvalue weighted by Gasteiger charge is -2.33. The molecule has 1 fully saturated rings. The summed E-state index contributed by atoms with van der Waals surface area (Å²) < 4.78 is 0. The van der Waals surface area contributed by atoms with Crippen LogP contribution in [0, 0.1) is 5.92 Å². The molecular formula is C19H29N3O2. The summed E-state index contributed by atoms with van der Waals surface area (Å²) in [5.41, 5.74) is 7.16. The monoisotopic (exact) mass is 331 g/mol. The van der Waals surface area contributed by atoms with Gasteiger partial charge in [-0.15, -0.1) is 0 Å². The van der Waals surface area contributed by atoms with Crippen LogP contribution >= 0.6 is 0 Å². The largest absolute Gasteiger partial charge is 0.356 e. The minimum atomic E-state index is -0.261. The van der Waals surface area contributed by atoms with Gasteiger partial charge in [-0.1, -0.05) is 37.3 Å². The van der Waals surface area contributed by atoms with E-state index in [-0.39, 0.29) is 17.9 Å². The lowest BCUT2D eigenvalue weighted by molar-refractivity contribution is -0.133. The third-order valence-corrected chi connectivity index (χ3v) is 4.56. The van der Waals surface area contributed by atoms with E-state index in [1.165, 1.54) is 0 Å². The van der Waals surface area contributed by atoms with Crippen molar-refractivity contribution in [3.63, 3.8) is 0 Å². The number of hydrogen-bond donors (Lipinski definition) is 2. The molecule has 3 N–H and O–H groups in total. The van der Waals surface area contributed by atoms with Crippen molar-refractivity contribution >= 4 is 11.8 Å². The molecule has 24 heavy (non-hydrogen) atoms. The molecule has 1 aromatic rings. The molecule has 2 rings (SSSR count). The Labute approximate surface area is 144 Å². The first-order valence-electron chi connectivity index (χ1n) is 8.95. The summed E-state index contributed by atoms with van der Waals surface area (Å²) in [6.07, 6.45) is 3.81. The number of nitrogens with one attached hydrogen (secondary N) is 1. The number of carbonyl (C=O) groups is 2. The Morgan fingerprint density at radius 3 is 2.79 bits per heavy atom. The van der Waals surface area contributed by atoms with Gasteiger partial charge in [-0.05, 0) is 30.7 Å². The Kier molecular flexibility index (Phi) is 7.25. The molecule has 0 aromatic heterocycles. The summed E-state index contributed by atoms with van der Waals surface area (Å²) in [6, 6.07) is 9.48. The van der Waals surface area contributed by atoms with Crippen LogP contribution in [0.3, 0.4) is 0 Å². The highest BCUT2D eigenvalue weighted by Crippen LogP contribution is 2.20. The van der Waals surface area contributed by atoms with Gasteiger partial charge in [0, 0.05) is 38.5 Å². The number of piperidine rings is 1. The summed E-state index contributed by atoms with van der Waals surface area (Å²) in [5.74, 6) is 0.555. The lowest BCUT2D eigenvalue weighted by atomic mass is 9.96. The molecule has 0 aliphatic carbocycles. The van der Waals surface area contributed by atoms with Crippen LogP contribution in [-0.2, 0) is 9.59 Å². The average Bonchev–Trinajstić information content (AvgIpc) is 2.61. The van der Waals surface area contributed by atoms with Crippen LogP contribution in [0.25, 0.3) is 0 Å². The van der Waals surface area contributed by atoms with Crippen LogP contribution in [0.15, 0.2) is 30.3 Å². The van der Waals surface area contributed by atoms with E-state index in [4.69, 9.17) is 5.73 Å². The number of hydrogen-bond acceptors (Lipinski definition) is 3. The van der Waals surface area contributed by atoms with Crippen LogP contribution in [0.5, 0.6) is 0 Å². The van der Waals surface area contributed by atoms with Gasteiger partial charge in [0.1, 0.15) is 0 Å². The van der Waals surface area contributed by atoms with Gasteiger partial charge >= 0.3 is 0 Å². The summed E-state index contributed by atoms with van der Waals surface area (Å²) in [7, 11) is 0. The fourth-order valence-electron chi connectivity index (χ4n) is 3.17. The number of amides is 2. The molecule has 1 saturated heterocycles. The maximum absolute atomic E-state index is 12.5. The second kappa shape index (κ2) is 9.42. The Morgan fingerprint density at radius 2 is 2.08 bits per heavy atom. The summed E-state index contributed by atoms with van der Waals surface area (Å²) in [4.78, 5) is 26.0. The fourth-order valence-corrected chi connectivity index (χ4v) is 3.17. The maximum atomic E-state index is 12.5. The molecule has 0 saturated carbocycles. The normalized spacial score (nSPS) is 18.9. The summed E-state index contributed by atoms with van der Waals surface area (Å²) >= 11 is 0. The van der Waals surface area contributed by atoms with E-state index in [2.05, 4.69) is 5.32 Å². The SMILES string of the molecule is CCCC(=O)NCC1CCCN(C(=O)CC(N)c2ccccc2)C1. The smallest absolute Gasteiger partial charge is 0.224 e. The first-order chi connectivity index (χ1) is 11.6. The van der Waals surface area contributed by atoms with Crippen LogP contribution < -0.4 is 11.1 Å². The van der Waals surface area contributed by atoms with Crippen molar-refractivity contribution in [1.82, 2.24) is 10.2 Å². The molecule has 5 nitrogen and oxygen atoms in total. The van der Waals surface area contributed by atoms with Gasteiger partial charge in [-0.25, -0.2) is 0 Å². The average molecular weight is 331 g/mol. The van der Waals surface area contributed by atoms with Gasteiger partial charge in [0.2, 0.25) is 11.8 Å². The molecule has 1 aliphatic heterocycles. The number of carbonyl (C=O) groups excluding carboxylic acids is 2. The van der Waals surface area contributed by atoms with Gasteiger partial charge in [0.25, 0.3) is 0 Å². The first-order valence-corrected chi connectivity index (χ1v) is 8.95. The van der Waals surface area contributed by atoms with Gasteiger partial charge in [-0.2, -0.15) is 0 Å². The molecule has 1 heterocycles. The van der Waals surface area contributed by atoms with E-state index >= 15 is 0 Å². The number of nitrogens with two attached hydrogens (primary N) is 1. The third-order valence-electron chi connectivity index (χ3n) is 4.56. The molecule has 1 aromatic carbocycles. The predicted octanol–water partition coefficient (Wildman–Crippen LogP) is 2.23. The van der Waals surface area contributed by atoms with Crippen LogP contribution in [0.1, 0.15) is 50.6 Å². The summed E-state index contributed by atoms with van der Waals surface area (Å²) in [5, 5.41) is 2.98. The fraction of sp³-hybridized carbons (Fsp3) is 0.579. The van der Waals surface area contributed by atoms with Crippen molar-refractivity contribution in [2.75, 3.05) is 19.6 Å². The zero-order chi connectivity index (χ0) is 17.4. The minimum absolute atomic E-state index is 0.104. The van der Waals surface area contributed by atoms with Crippen LogP contribution in [-0.4, -0.2) is 36.3 Å². The number of rotatable bonds is 7. The molecule has 132 valence electrons. The molecule has 5 heteroatoms. The van der Waals surface area contributed by atoms with E-state index < -0.39 is 0 Å². The predicted molar refractivity (Wildman–Crippen MR) is 95.2 cm³/mol. The third kappa shape index (κ3) is 5.64. The Bertz CT molecular complexity index is 533. The van der Waals surface area contributed by atoms with Crippen LogP contribution in [0.4, 0.5) is 0 Å². The number of benzene rings is 1. The van der Waals surface area contributed by atoms with E-state index in [0.717, 1.165) is 31.4 Å². The van der Waals surface area contributed by atoms with Gasteiger partial charge < -0.3 is 16.0 Å². The van der Waals surface area contributed by atoms with Crippen molar-refractivity contribution in [1.29, 1.82) is 0 Å². The Hall–Kier alpha value is -1.88. The van der Waals surface area contributed by atoms with E-state index in [1.54, 1.807) is 0 Å². The highest BCUT2D eigenvalue weighted by molar-refractivity contribution is 5.77. The van der Waals surface area contributed by atoms with Gasteiger partial charge in [-0.3, -0.25) is 9.59 Å². The molecule has 2 unspecified atom stereocenters. The van der Waals surface area contributed by atoms with Crippen molar-refractivity contribution in [2.24, 2.45) is 11.7 Å². The molecule has 0 radical (unpaired) electrons. The minimum Gasteiger partial charge on any atom is -0.356 e. The second-order valence-corrected chi connectivity index (χ2v) is 6.62. The molecule has 0 bridgehead atoms. The molecule has 0 spiro atoms. The standard InChI is InChI=1S/C19H29N3O2/c1-2-7-18(23)21-13-15-8-6-11-22(14-15)19(24)12-17(20)16-9-4-3-5-10-16/h3-5,9-10,15,17H,2,6-8,11-14,20H2,1H3,(H,21,23). The van der Waals surface area contributed by atoms with Crippen molar-refractivity contribution < 1.29 is 9.59 Å². The van der Waals surface area contributed by atoms with Crippen LogP contribution in [0.2, 0.25) is 0 Å². The lowest BCUT2D eigenvalue weighted by Crippen LogP contribution is -2.44. The molecular weight excluding hydrogens is 302 g/mol. The second-order valence-electron chi connectivity index (χ2n) is 6.62. The zero-order valence-corrected chi connectivity index (χ0v) is 14.5. The molecule has 2 amide bonds. The van der Waals surface area contributed by atoms with E-state index in [1.807, 2.05) is 42.2 Å².